The predicted octanol–water partition coefficient (Wildman–Crippen LogP) is 1.39. The fourth-order valence-corrected chi connectivity index (χ4v) is 2.80. The summed E-state index contributed by atoms with van der Waals surface area (Å²) in [5.74, 6) is 0.552. The number of nitrogens with two attached hydrogens (primary N) is 1. The van der Waals surface area contributed by atoms with Crippen LogP contribution < -0.4 is 5.73 Å². The maximum absolute atomic E-state index is 11.4. The van der Waals surface area contributed by atoms with E-state index in [1.165, 1.54) is 0 Å². The maximum Gasteiger partial charge on any atom is 0.248 e. The highest BCUT2D eigenvalue weighted by Gasteiger charge is 2.22. The Hall–Kier alpha value is -2.08. The Morgan fingerprint density at radius 3 is 2.57 bits per heavy atom. The van der Waals surface area contributed by atoms with Gasteiger partial charge >= 0.3 is 0 Å². The first-order chi connectivity index (χ1) is 10.9. The van der Waals surface area contributed by atoms with Crippen LogP contribution in [0.2, 0.25) is 0 Å². The molecule has 128 valence electrons. The zero-order chi connectivity index (χ0) is 17.0. The third kappa shape index (κ3) is 4.22. The molecule has 0 aliphatic carbocycles. The fourth-order valence-electron chi connectivity index (χ4n) is 2.80. The highest BCUT2D eigenvalue weighted by atomic mass is 16.1. The van der Waals surface area contributed by atoms with Crippen LogP contribution in [0.4, 0.5) is 0 Å². The van der Waals surface area contributed by atoms with Gasteiger partial charge in [0.15, 0.2) is 0 Å². The number of amides is 1. The molecule has 0 aromatic carbocycles. The first-order valence-electron chi connectivity index (χ1n) is 8.08. The highest BCUT2D eigenvalue weighted by molar-refractivity contribution is 5.95. The second-order valence-electron chi connectivity index (χ2n) is 6.04. The molecule has 1 fully saturated rings. The van der Waals surface area contributed by atoms with E-state index in [9.17, 15) is 4.79 Å². The number of piperazine rings is 1. The number of amidine groups is 1. The van der Waals surface area contributed by atoms with E-state index in [0.29, 0.717) is 5.57 Å². The van der Waals surface area contributed by atoms with Crippen molar-refractivity contribution in [3.8, 4) is 0 Å². The molecule has 0 aromatic rings. The molecule has 2 aliphatic rings. The molecule has 0 bridgehead atoms. The van der Waals surface area contributed by atoms with Crippen molar-refractivity contribution in [3.05, 3.63) is 36.1 Å². The second-order valence-corrected chi connectivity index (χ2v) is 6.04. The van der Waals surface area contributed by atoms with Crippen molar-refractivity contribution in [2.75, 3.05) is 32.7 Å². The van der Waals surface area contributed by atoms with Crippen molar-refractivity contribution in [1.82, 2.24) is 14.8 Å². The quantitative estimate of drug-likeness (QED) is 0.483. The average molecular weight is 319 g/mol. The van der Waals surface area contributed by atoms with Gasteiger partial charge in [-0.1, -0.05) is 19.1 Å². The van der Waals surface area contributed by atoms with Gasteiger partial charge in [-0.05, 0) is 32.5 Å². The second kappa shape index (κ2) is 7.46. The zero-order valence-electron chi connectivity index (χ0n) is 14.3. The van der Waals surface area contributed by atoms with E-state index in [1.807, 2.05) is 24.9 Å². The molecular weight excluding hydrogens is 290 g/mol. The van der Waals surface area contributed by atoms with Gasteiger partial charge in [-0.15, -0.1) is 0 Å². The van der Waals surface area contributed by atoms with E-state index in [4.69, 9.17) is 10.8 Å². The summed E-state index contributed by atoms with van der Waals surface area (Å²) in [4.78, 5) is 16.1. The van der Waals surface area contributed by atoms with Crippen molar-refractivity contribution >= 4 is 11.7 Å². The molecule has 1 atom stereocenters. The lowest BCUT2D eigenvalue weighted by atomic mass is 10.0. The molecule has 1 saturated heterocycles. The van der Waals surface area contributed by atoms with Gasteiger partial charge in [0.05, 0.1) is 6.04 Å². The average Bonchev–Trinajstić information content (AvgIpc) is 2.54. The molecule has 6 nitrogen and oxygen atoms in total. The Labute approximate surface area is 140 Å². The number of hydrogen-bond acceptors (Lipinski definition) is 4. The predicted molar refractivity (Wildman–Crippen MR) is 95.8 cm³/mol. The minimum absolute atomic E-state index is 0. The van der Waals surface area contributed by atoms with Gasteiger partial charge in [-0.25, -0.2) is 0 Å². The number of rotatable bonds is 4. The van der Waals surface area contributed by atoms with E-state index < -0.39 is 5.91 Å². The lowest BCUT2D eigenvalue weighted by molar-refractivity contribution is -0.114. The summed E-state index contributed by atoms with van der Waals surface area (Å²) in [5.41, 5.74) is 6.78. The van der Waals surface area contributed by atoms with Crippen LogP contribution in [-0.2, 0) is 4.79 Å². The summed E-state index contributed by atoms with van der Waals surface area (Å²) in [6, 6.07) is -0.144. The van der Waals surface area contributed by atoms with Crippen LogP contribution in [0.25, 0.3) is 0 Å². The molecule has 1 unspecified atom stereocenters. The molecule has 6 heteroatoms. The van der Waals surface area contributed by atoms with Gasteiger partial charge in [-0.2, -0.15) is 5.10 Å². The SMILES string of the molecule is C=C(C)C1C=C(C(N)=O)C=CN1/N=C(\C)N1CCN(CC)CC1.[HH]. The van der Waals surface area contributed by atoms with Crippen molar-refractivity contribution in [3.63, 3.8) is 0 Å². The van der Waals surface area contributed by atoms with Crippen molar-refractivity contribution in [2.45, 2.75) is 26.8 Å². The number of likely N-dealkylation sites (N-methyl/N-ethyl adjacent to an activating group) is 1. The van der Waals surface area contributed by atoms with Crippen LogP contribution in [0, 0.1) is 0 Å². The Morgan fingerprint density at radius 1 is 1.39 bits per heavy atom. The number of primary amides is 1. The minimum Gasteiger partial charge on any atom is -0.366 e. The van der Waals surface area contributed by atoms with Crippen LogP contribution in [-0.4, -0.2) is 65.3 Å². The minimum atomic E-state index is -0.427. The molecule has 0 saturated carbocycles. The first-order valence-corrected chi connectivity index (χ1v) is 8.08. The number of hydrazone groups is 1. The van der Waals surface area contributed by atoms with Gasteiger partial charge in [0, 0.05) is 39.4 Å². The van der Waals surface area contributed by atoms with Gasteiger partial charge in [0.1, 0.15) is 5.84 Å². The van der Waals surface area contributed by atoms with E-state index in [2.05, 4.69) is 23.3 Å². The van der Waals surface area contributed by atoms with Crippen LogP contribution >= 0.6 is 0 Å². The van der Waals surface area contributed by atoms with E-state index in [0.717, 1.165) is 44.1 Å². The molecule has 2 rings (SSSR count). The lowest BCUT2D eigenvalue weighted by Crippen LogP contribution is -2.48. The van der Waals surface area contributed by atoms with Crippen LogP contribution in [0.1, 0.15) is 22.2 Å². The monoisotopic (exact) mass is 319 g/mol. The summed E-state index contributed by atoms with van der Waals surface area (Å²) in [5, 5.41) is 6.56. The Balaban J connectivity index is 0.00000288. The summed E-state index contributed by atoms with van der Waals surface area (Å²) in [6.07, 6.45) is 5.31. The Kier molecular flexibility index (Phi) is 5.60. The van der Waals surface area contributed by atoms with E-state index in [1.54, 1.807) is 12.3 Å². The third-order valence-corrected chi connectivity index (χ3v) is 4.36. The van der Waals surface area contributed by atoms with Crippen LogP contribution in [0.5, 0.6) is 0 Å². The van der Waals surface area contributed by atoms with Crippen molar-refractivity contribution < 1.29 is 6.22 Å². The number of hydrogen-bond donors (Lipinski definition) is 1. The summed E-state index contributed by atoms with van der Waals surface area (Å²) >= 11 is 0. The van der Waals surface area contributed by atoms with Crippen LogP contribution in [0.3, 0.4) is 0 Å². The summed E-state index contributed by atoms with van der Waals surface area (Å²) in [6.45, 7) is 15.3. The van der Waals surface area contributed by atoms with Crippen molar-refractivity contribution in [1.29, 1.82) is 0 Å². The van der Waals surface area contributed by atoms with Gasteiger partial charge in [-0.3, -0.25) is 9.80 Å². The summed E-state index contributed by atoms with van der Waals surface area (Å²) in [7, 11) is 0. The van der Waals surface area contributed by atoms with Crippen LogP contribution in [0.15, 0.2) is 41.2 Å². The smallest absolute Gasteiger partial charge is 0.248 e. The lowest BCUT2D eigenvalue weighted by Gasteiger charge is -2.36. The largest absolute Gasteiger partial charge is 0.366 e. The van der Waals surface area contributed by atoms with E-state index >= 15 is 0 Å². The molecule has 0 radical (unpaired) electrons. The number of carbonyl (C=O) groups excluding carboxylic acids is 1. The molecule has 0 spiro atoms. The topological polar surface area (TPSA) is 65.2 Å². The Bertz CT molecular complexity index is 561. The molecule has 23 heavy (non-hydrogen) atoms. The molecule has 2 heterocycles. The zero-order valence-corrected chi connectivity index (χ0v) is 14.3. The third-order valence-electron chi connectivity index (χ3n) is 4.36. The first kappa shape index (κ1) is 17.3. The normalized spacial score (nSPS) is 23.0. The Morgan fingerprint density at radius 2 is 2.04 bits per heavy atom. The fraction of sp³-hybridized carbons (Fsp3) is 0.529. The number of nitrogens with zero attached hydrogens (tertiary/aromatic N) is 4. The molecular formula is C17H29N5O. The van der Waals surface area contributed by atoms with Gasteiger partial charge in [0.25, 0.3) is 0 Å². The maximum atomic E-state index is 11.4. The van der Waals surface area contributed by atoms with Gasteiger partial charge in [0.2, 0.25) is 5.91 Å². The van der Waals surface area contributed by atoms with Gasteiger partial charge < -0.3 is 15.5 Å². The van der Waals surface area contributed by atoms with E-state index in [-0.39, 0.29) is 7.47 Å². The molecule has 1 amide bonds. The number of carbonyl (C=O) groups is 1. The summed E-state index contributed by atoms with van der Waals surface area (Å²) < 4.78 is 0. The molecule has 2 N–H and O–H groups in total. The highest BCUT2D eigenvalue weighted by Crippen LogP contribution is 2.20. The standard InChI is InChI=1S/C17H27N5O.H2/c1-5-20-8-10-21(11-9-20)14(4)19-22-7-6-15(17(18)23)12-16(22)13(2)3;/h6-7,12,16H,2,5,8-11H2,1,3-4H3,(H2,18,23);1H/b19-14+;. The van der Waals surface area contributed by atoms with Crippen molar-refractivity contribution in [2.24, 2.45) is 10.8 Å². The molecule has 2 aliphatic heterocycles. The molecule has 0 aromatic heterocycles.